The molecule has 0 unspecified atom stereocenters. The Labute approximate surface area is 133 Å². The quantitative estimate of drug-likeness (QED) is 0.726. The number of nitrogen functional groups attached to an aromatic ring is 1. The fraction of sp³-hybridized carbons (Fsp3) is 0.118. The lowest BCUT2D eigenvalue weighted by Crippen LogP contribution is -1.98. The molecule has 0 radical (unpaired) electrons. The highest BCUT2D eigenvalue weighted by atomic mass is 19.1. The van der Waals surface area contributed by atoms with E-state index in [1.807, 2.05) is 19.1 Å². The van der Waals surface area contributed by atoms with Crippen LogP contribution >= 0.6 is 0 Å². The van der Waals surface area contributed by atoms with Crippen LogP contribution in [0.3, 0.4) is 0 Å². The zero-order chi connectivity index (χ0) is 16.4. The van der Waals surface area contributed by atoms with Crippen LogP contribution < -0.4 is 11.1 Å². The standard InChI is InChI=1S/C17H16FN5/c1-10-7-13(18)14(19)9-12(10)15-4-6-22-17(23-15)11-3-5-21-16(8-11)20-2/h3-9H,19H2,1-2H3,(H,20,21). The molecule has 2 aromatic heterocycles. The van der Waals surface area contributed by atoms with E-state index < -0.39 is 5.82 Å². The summed E-state index contributed by atoms with van der Waals surface area (Å²) in [4.78, 5) is 13.1. The van der Waals surface area contributed by atoms with Crippen LogP contribution in [0.4, 0.5) is 15.9 Å². The van der Waals surface area contributed by atoms with E-state index in [2.05, 4.69) is 20.3 Å². The van der Waals surface area contributed by atoms with Crippen LogP contribution in [0.15, 0.2) is 42.7 Å². The van der Waals surface area contributed by atoms with Crippen LogP contribution in [0.5, 0.6) is 0 Å². The second kappa shape index (κ2) is 6.00. The average Bonchev–Trinajstić information content (AvgIpc) is 2.58. The molecule has 0 atom stereocenters. The molecule has 116 valence electrons. The van der Waals surface area contributed by atoms with Crippen molar-refractivity contribution in [3.05, 3.63) is 54.1 Å². The van der Waals surface area contributed by atoms with Gasteiger partial charge < -0.3 is 11.1 Å². The maximum absolute atomic E-state index is 13.5. The number of aryl methyl sites for hydroxylation is 1. The lowest BCUT2D eigenvalue weighted by molar-refractivity contribution is 0.631. The van der Waals surface area contributed by atoms with Crippen molar-refractivity contribution >= 4 is 11.5 Å². The number of hydrogen-bond donors (Lipinski definition) is 2. The summed E-state index contributed by atoms with van der Waals surface area (Å²) in [6.07, 6.45) is 3.37. The number of nitrogens with one attached hydrogen (secondary N) is 1. The van der Waals surface area contributed by atoms with E-state index in [1.165, 1.54) is 6.07 Å². The Bertz CT molecular complexity index is 863. The van der Waals surface area contributed by atoms with Gasteiger partial charge >= 0.3 is 0 Å². The van der Waals surface area contributed by atoms with Gasteiger partial charge in [-0.3, -0.25) is 0 Å². The maximum atomic E-state index is 13.5. The van der Waals surface area contributed by atoms with E-state index in [1.54, 1.807) is 31.6 Å². The molecule has 3 rings (SSSR count). The van der Waals surface area contributed by atoms with E-state index in [-0.39, 0.29) is 5.69 Å². The maximum Gasteiger partial charge on any atom is 0.159 e. The SMILES string of the molecule is CNc1cc(-c2nccc(-c3cc(N)c(F)cc3C)n2)ccn1. The molecule has 3 aromatic rings. The van der Waals surface area contributed by atoms with Crippen molar-refractivity contribution in [2.45, 2.75) is 6.92 Å². The fourth-order valence-electron chi connectivity index (χ4n) is 2.32. The number of benzene rings is 1. The topological polar surface area (TPSA) is 76.7 Å². The van der Waals surface area contributed by atoms with Gasteiger partial charge in [-0.2, -0.15) is 0 Å². The monoisotopic (exact) mass is 309 g/mol. The van der Waals surface area contributed by atoms with Crippen molar-refractivity contribution in [1.29, 1.82) is 0 Å². The molecule has 0 aliphatic heterocycles. The molecule has 0 bridgehead atoms. The van der Waals surface area contributed by atoms with Gasteiger partial charge in [0.1, 0.15) is 11.6 Å². The number of pyridine rings is 1. The van der Waals surface area contributed by atoms with Gasteiger partial charge in [-0.25, -0.2) is 19.3 Å². The van der Waals surface area contributed by atoms with Gasteiger partial charge in [-0.15, -0.1) is 0 Å². The van der Waals surface area contributed by atoms with Crippen molar-refractivity contribution in [3.8, 4) is 22.6 Å². The lowest BCUT2D eigenvalue weighted by Gasteiger charge is -2.09. The normalized spacial score (nSPS) is 10.6. The molecule has 0 saturated carbocycles. The van der Waals surface area contributed by atoms with Crippen LogP contribution in [0, 0.1) is 12.7 Å². The molecule has 0 aliphatic rings. The third-order valence-electron chi connectivity index (χ3n) is 3.55. The Morgan fingerprint density at radius 2 is 1.87 bits per heavy atom. The molecule has 0 saturated heterocycles. The number of anilines is 2. The molecule has 2 heterocycles. The van der Waals surface area contributed by atoms with Crippen molar-refractivity contribution in [2.75, 3.05) is 18.1 Å². The summed E-state index contributed by atoms with van der Waals surface area (Å²) >= 11 is 0. The molecular weight excluding hydrogens is 293 g/mol. The van der Waals surface area contributed by atoms with Crippen molar-refractivity contribution in [1.82, 2.24) is 15.0 Å². The molecule has 0 fully saturated rings. The molecule has 1 aromatic carbocycles. The first-order valence-electron chi connectivity index (χ1n) is 7.11. The Morgan fingerprint density at radius 3 is 2.65 bits per heavy atom. The van der Waals surface area contributed by atoms with Gasteiger partial charge in [0.25, 0.3) is 0 Å². The summed E-state index contributed by atoms with van der Waals surface area (Å²) in [5, 5.41) is 2.98. The van der Waals surface area contributed by atoms with Crippen LogP contribution in [0.25, 0.3) is 22.6 Å². The second-order valence-corrected chi connectivity index (χ2v) is 5.13. The minimum Gasteiger partial charge on any atom is -0.396 e. The Hall–Kier alpha value is -3.02. The van der Waals surface area contributed by atoms with Gasteiger partial charge in [0.2, 0.25) is 0 Å². The highest BCUT2D eigenvalue weighted by Crippen LogP contribution is 2.27. The minimum absolute atomic E-state index is 0.104. The average molecular weight is 309 g/mol. The highest BCUT2D eigenvalue weighted by molar-refractivity contribution is 5.70. The molecule has 0 amide bonds. The fourth-order valence-corrected chi connectivity index (χ4v) is 2.32. The first kappa shape index (κ1) is 14.9. The van der Waals surface area contributed by atoms with Crippen molar-refractivity contribution in [3.63, 3.8) is 0 Å². The molecule has 6 heteroatoms. The zero-order valence-electron chi connectivity index (χ0n) is 12.8. The summed E-state index contributed by atoms with van der Waals surface area (Å²) in [6, 6.07) is 8.50. The zero-order valence-corrected chi connectivity index (χ0v) is 12.8. The summed E-state index contributed by atoms with van der Waals surface area (Å²) in [5.74, 6) is 0.885. The predicted octanol–water partition coefficient (Wildman–Crippen LogP) is 3.28. The lowest BCUT2D eigenvalue weighted by atomic mass is 10.0. The predicted molar refractivity (Wildman–Crippen MR) is 89.4 cm³/mol. The number of halogens is 1. The largest absolute Gasteiger partial charge is 0.396 e. The van der Waals surface area contributed by atoms with E-state index in [0.29, 0.717) is 11.5 Å². The number of aromatic nitrogens is 3. The van der Waals surface area contributed by atoms with E-state index in [9.17, 15) is 4.39 Å². The summed E-state index contributed by atoms with van der Waals surface area (Å²) in [6.45, 7) is 1.82. The highest BCUT2D eigenvalue weighted by Gasteiger charge is 2.10. The van der Waals surface area contributed by atoms with Gasteiger partial charge in [0.05, 0.1) is 11.4 Å². The molecule has 0 aliphatic carbocycles. The summed E-state index contributed by atoms with van der Waals surface area (Å²) in [7, 11) is 1.80. The van der Waals surface area contributed by atoms with E-state index >= 15 is 0 Å². The smallest absolute Gasteiger partial charge is 0.159 e. The molecule has 5 nitrogen and oxygen atoms in total. The number of hydrogen-bond acceptors (Lipinski definition) is 5. The molecule has 23 heavy (non-hydrogen) atoms. The Balaban J connectivity index is 2.08. The third-order valence-corrected chi connectivity index (χ3v) is 3.55. The summed E-state index contributed by atoms with van der Waals surface area (Å²) < 4.78 is 13.5. The van der Waals surface area contributed by atoms with Crippen LogP contribution in [-0.4, -0.2) is 22.0 Å². The number of rotatable bonds is 3. The molecular formula is C17H16FN5. The first-order valence-corrected chi connectivity index (χ1v) is 7.11. The van der Waals surface area contributed by atoms with Crippen molar-refractivity contribution in [2.24, 2.45) is 0 Å². The Morgan fingerprint density at radius 1 is 1.09 bits per heavy atom. The Kier molecular flexibility index (Phi) is 3.89. The molecule has 0 spiro atoms. The van der Waals surface area contributed by atoms with E-state index in [4.69, 9.17) is 5.73 Å². The minimum atomic E-state index is -0.423. The van der Waals surface area contributed by atoms with Crippen LogP contribution in [-0.2, 0) is 0 Å². The van der Waals surface area contributed by atoms with Crippen LogP contribution in [0.2, 0.25) is 0 Å². The van der Waals surface area contributed by atoms with Gasteiger partial charge in [0.15, 0.2) is 5.82 Å². The van der Waals surface area contributed by atoms with Gasteiger partial charge in [0, 0.05) is 30.6 Å². The number of nitrogens with zero attached hydrogens (tertiary/aromatic N) is 3. The molecule has 3 N–H and O–H groups in total. The summed E-state index contributed by atoms with van der Waals surface area (Å²) in [5.41, 5.74) is 8.88. The van der Waals surface area contributed by atoms with E-state index in [0.717, 1.165) is 22.5 Å². The van der Waals surface area contributed by atoms with Crippen LogP contribution in [0.1, 0.15) is 5.56 Å². The van der Waals surface area contributed by atoms with Gasteiger partial charge in [-0.05, 0) is 42.8 Å². The van der Waals surface area contributed by atoms with Crippen molar-refractivity contribution < 1.29 is 4.39 Å². The van der Waals surface area contributed by atoms with Gasteiger partial charge in [-0.1, -0.05) is 0 Å². The second-order valence-electron chi connectivity index (χ2n) is 5.13. The third kappa shape index (κ3) is 2.96. The number of nitrogens with two attached hydrogens (primary N) is 1. The first-order chi connectivity index (χ1) is 11.1.